The Morgan fingerprint density at radius 3 is 2.72 bits per heavy atom. The highest BCUT2D eigenvalue weighted by Gasteiger charge is 2.21. The van der Waals surface area contributed by atoms with Gasteiger partial charge in [0.05, 0.1) is 0 Å². The molecule has 1 aromatic heterocycles. The van der Waals surface area contributed by atoms with Crippen LogP contribution in [0.15, 0.2) is 6.33 Å². The molecule has 0 radical (unpaired) electrons. The highest BCUT2D eigenvalue weighted by molar-refractivity contribution is 4.92. The van der Waals surface area contributed by atoms with Crippen LogP contribution in [0.25, 0.3) is 0 Å². The second kappa shape index (κ2) is 6.32. The first kappa shape index (κ1) is 13.5. The first-order chi connectivity index (χ1) is 8.70. The van der Waals surface area contributed by atoms with Gasteiger partial charge in [0.15, 0.2) is 0 Å². The number of nitrogens with zero attached hydrogens (tertiary/aromatic N) is 3. The van der Waals surface area contributed by atoms with E-state index >= 15 is 0 Å². The fraction of sp³-hybridized carbons (Fsp3) is 0.857. The zero-order valence-corrected chi connectivity index (χ0v) is 11.9. The van der Waals surface area contributed by atoms with Gasteiger partial charge < -0.3 is 5.32 Å². The van der Waals surface area contributed by atoms with Gasteiger partial charge in [0.1, 0.15) is 12.2 Å². The SMILES string of the molecule is CNC(Cc1ncnn1C(C)C)CC1CCCC1. The Hall–Kier alpha value is -0.900. The van der Waals surface area contributed by atoms with Crippen LogP contribution in [0.2, 0.25) is 0 Å². The number of hydrogen-bond donors (Lipinski definition) is 1. The van der Waals surface area contributed by atoms with Gasteiger partial charge in [-0.2, -0.15) is 5.10 Å². The smallest absolute Gasteiger partial charge is 0.138 e. The predicted octanol–water partition coefficient (Wildman–Crippen LogP) is 2.57. The molecule has 0 bridgehead atoms. The molecule has 0 amide bonds. The summed E-state index contributed by atoms with van der Waals surface area (Å²) in [5.74, 6) is 2.03. The Bertz CT molecular complexity index is 352. The molecular weight excluding hydrogens is 224 g/mol. The van der Waals surface area contributed by atoms with Gasteiger partial charge in [-0.25, -0.2) is 9.67 Å². The van der Waals surface area contributed by atoms with E-state index in [9.17, 15) is 0 Å². The molecule has 0 saturated heterocycles. The standard InChI is InChI=1S/C14H26N4/c1-11(2)18-14(16-10-17-18)9-13(15-3)8-12-6-4-5-7-12/h10-13,15H,4-9H2,1-3H3. The zero-order chi connectivity index (χ0) is 13.0. The van der Waals surface area contributed by atoms with E-state index in [-0.39, 0.29) is 0 Å². The summed E-state index contributed by atoms with van der Waals surface area (Å²) in [6.07, 6.45) is 9.61. The van der Waals surface area contributed by atoms with Gasteiger partial charge >= 0.3 is 0 Å². The minimum Gasteiger partial charge on any atom is -0.317 e. The number of rotatable bonds is 6. The van der Waals surface area contributed by atoms with E-state index in [4.69, 9.17) is 0 Å². The van der Waals surface area contributed by atoms with Crippen LogP contribution in [0.4, 0.5) is 0 Å². The molecule has 1 atom stereocenters. The summed E-state index contributed by atoms with van der Waals surface area (Å²) < 4.78 is 2.04. The number of hydrogen-bond acceptors (Lipinski definition) is 3. The fourth-order valence-corrected chi connectivity index (χ4v) is 3.02. The number of nitrogens with one attached hydrogen (secondary N) is 1. The van der Waals surface area contributed by atoms with Crippen molar-refractivity contribution in [3.63, 3.8) is 0 Å². The van der Waals surface area contributed by atoms with E-state index in [0.717, 1.165) is 18.2 Å². The molecule has 1 aliphatic carbocycles. The van der Waals surface area contributed by atoms with Gasteiger partial charge in [0.2, 0.25) is 0 Å². The molecule has 2 rings (SSSR count). The van der Waals surface area contributed by atoms with E-state index in [2.05, 4.69) is 36.3 Å². The van der Waals surface area contributed by atoms with Crippen molar-refractivity contribution in [2.45, 2.75) is 64.5 Å². The summed E-state index contributed by atoms with van der Waals surface area (Å²) in [6, 6.07) is 0.932. The van der Waals surface area contributed by atoms with Gasteiger partial charge in [-0.1, -0.05) is 25.7 Å². The van der Waals surface area contributed by atoms with Gasteiger partial charge in [-0.3, -0.25) is 0 Å². The van der Waals surface area contributed by atoms with Crippen molar-refractivity contribution in [1.29, 1.82) is 0 Å². The normalized spacial score (nSPS) is 18.7. The monoisotopic (exact) mass is 250 g/mol. The van der Waals surface area contributed by atoms with Crippen molar-refractivity contribution < 1.29 is 0 Å². The van der Waals surface area contributed by atoms with Crippen LogP contribution in [0.5, 0.6) is 0 Å². The van der Waals surface area contributed by atoms with Crippen molar-refractivity contribution in [2.75, 3.05) is 7.05 Å². The molecule has 1 aromatic rings. The summed E-state index contributed by atoms with van der Waals surface area (Å²) in [5, 5.41) is 7.76. The molecule has 1 fully saturated rings. The summed E-state index contributed by atoms with van der Waals surface area (Å²) in [7, 11) is 2.07. The Morgan fingerprint density at radius 2 is 2.11 bits per heavy atom. The van der Waals surface area contributed by atoms with Gasteiger partial charge in [0, 0.05) is 18.5 Å². The molecular formula is C14H26N4. The van der Waals surface area contributed by atoms with Crippen molar-refractivity contribution >= 4 is 0 Å². The molecule has 0 aliphatic heterocycles. The second-order valence-electron chi connectivity index (χ2n) is 5.79. The number of aromatic nitrogens is 3. The molecule has 1 heterocycles. The van der Waals surface area contributed by atoms with Gasteiger partial charge in [-0.15, -0.1) is 0 Å². The average Bonchev–Trinajstić information content (AvgIpc) is 2.98. The largest absolute Gasteiger partial charge is 0.317 e. The third-order valence-electron chi connectivity index (χ3n) is 4.07. The van der Waals surface area contributed by atoms with E-state index in [1.165, 1.54) is 32.1 Å². The third kappa shape index (κ3) is 3.31. The highest BCUT2D eigenvalue weighted by Crippen LogP contribution is 2.29. The lowest BCUT2D eigenvalue weighted by Crippen LogP contribution is -2.31. The van der Waals surface area contributed by atoms with E-state index in [1.807, 2.05) is 4.68 Å². The lowest BCUT2D eigenvalue weighted by Gasteiger charge is -2.20. The molecule has 0 aromatic carbocycles. The molecule has 0 spiro atoms. The van der Waals surface area contributed by atoms with Crippen molar-refractivity contribution in [2.24, 2.45) is 5.92 Å². The minimum atomic E-state index is 0.395. The summed E-state index contributed by atoms with van der Waals surface area (Å²) in [5.41, 5.74) is 0. The van der Waals surface area contributed by atoms with Crippen molar-refractivity contribution in [3.05, 3.63) is 12.2 Å². The Kier molecular flexibility index (Phi) is 4.75. The van der Waals surface area contributed by atoms with E-state index < -0.39 is 0 Å². The third-order valence-corrected chi connectivity index (χ3v) is 4.07. The summed E-state index contributed by atoms with van der Waals surface area (Å²) in [4.78, 5) is 4.41. The van der Waals surface area contributed by atoms with Crippen LogP contribution in [0, 0.1) is 5.92 Å². The Balaban J connectivity index is 1.94. The van der Waals surface area contributed by atoms with Crippen molar-refractivity contribution in [1.82, 2.24) is 20.1 Å². The molecule has 1 N–H and O–H groups in total. The van der Waals surface area contributed by atoms with E-state index in [1.54, 1.807) is 6.33 Å². The van der Waals surface area contributed by atoms with Gasteiger partial charge in [-0.05, 0) is 33.2 Å². The summed E-state index contributed by atoms with van der Waals surface area (Å²) in [6.45, 7) is 4.31. The quantitative estimate of drug-likeness (QED) is 0.844. The Labute approximate surface area is 110 Å². The van der Waals surface area contributed by atoms with Crippen LogP contribution in [-0.2, 0) is 6.42 Å². The molecule has 4 nitrogen and oxygen atoms in total. The second-order valence-corrected chi connectivity index (χ2v) is 5.79. The molecule has 4 heteroatoms. The maximum absolute atomic E-state index is 4.41. The zero-order valence-electron chi connectivity index (χ0n) is 11.9. The van der Waals surface area contributed by atoms with E-state index in [0.29, 0.717) is 12.1 Å². The molecule has 1 unspecified atom stereocenters. The highest BCUT2D eigenvalue weighted by atomic mass is 15.3. The maximum atomic E-state index is 4.41. The molecule has 102 valence electrons. The van der Waals surface area contributed by atoms with Crippen LogP contribution in [0.1, 0.15) is 57.8 Å². The lowest BCUT2D eigenvalue weighted by molar-refractivity contribution is 0.387. The number of likely N-dealkylation sites (N-methyl/N-ethyl adjacent to an activating group) is 1. The lowest BCUT2D eigenvalue weighted by atomic mass is 9.96. The van der Waals surface area contributed by atoms with Crippen LogP contribution >= 0.6 is 0 Å². The first-order valence-corrected chi connectivity index (χ1v) is 7.26. The first-order valence-electron chi connectivity index (χ1n) is 7.26. The summed E-state index contributed by atoms with van der Waals surface area (Å²) >= 11 is 0. The molecule has 18 heavy (non-hydrogen) atoms. The van der Waals surface area contributed by atoms with Crippen LogP contribution in [0.3, 0.4) is 0 Å². The fourth-order valence-electron chi connectivity index (χ4n) is 3.02. The van der Waals surface area contributed by atoms with Crippen LogP contribution in [-0.4, -0.2) is 27.9 Å². The predicted molar refractivity (Wildman–Crippen MR) is 73.5 cm³/mol. The van der Waals surface area contributed by atoms with Crippen molar-refractivity contribution in [3.8, 4) is 0 Å². The van der Waals surface area contributed by atoms with Crippen LogP contribution < -0.4 is 5.32 Å². The Morgan fingerprint density at radius 1 is 1.39 bits per heavy atom. The molecule has 1 saturated carbocycles. The maximum Gasteiger partial charge on any atom is 0.138 e. The minimum absolute atomic E-state index is 0.395. The van der Waals surface area contributed by atoms with Gasteiger partial charge in [0.25, 0.3) is 0 Å². The topological polar surface area (TPSA) is 42.7 Å². The molecule has 1 aliphatic rings. The average molecular weight is 250 g/mol.